The molecule has 0 saturated carbocycles. The normalized spacial score (nSPS) is 13.5. The van der Waals surface area contributed by atoms with Gasteiger partial charge in [0.2, 0.25) is 29.6 Å². The van der Waals surface area contributed by atoms with Gasteiger partial charge in [-0.3, -0.25) is 29.0 Å². The summed E-state index contributed by atoms with van der Waals surface area (Å²) >= 11 is 0. The summed E-state index contributed by atoms with van der Waals surface area (Å²) in [6, 6.07) is 4.93. The molecule has 2 aromatic carbocycles. The Kier molecular flexibility index (Phi) is 27.0. The number of aliphatic imine (C=N–C) groups is 1. The van der Waals surface area contributed by atoms with E-state index < -0.39 is 124 Å². The number of ether oxygens (including phenoxy) is 6. The number of carbonyl (C=O) groups is 8. The Hall–Kier alpha value is -7.22. The summed E-state index contributed by atoms with van der Waals surface area (Å²) in [6.07, 6.45) is -1.63. The van der Waals surface area contributed by atoms with Crippen LogP contribution < -0.4 is 47.1 Å². The zero-order valence-corrected chi connectivity index (χ0v) is 48.8. The second-order valence-corrected chi connectivity index (χ2v) is 23.0. The molecule has 0 saturated heterocycles. The quantitative estimate of drug-likeness (QED) is 0.0199. The number of nitrogens with zero attached hydrogens (tertiary/aromatic N) is 1. The van der Waals surface area contributed by atoms with Crippen LogP contribution in [0.3, 0.4) is 0 Å². The number of nitrogens with one attached hydrogen (secondary N) is 7. The number of rotatable bonds is 28. The molecule has 0 fully saturated rings. The smallest absolute Gasteiger partial charge is 0.408 e. The average molecular weight is 1130 g/mol. The zero-order valence-electron chi connectivity index (χ0n) is 48.0. The van der Waals surface area contributed by atoms with E-state index in [-0.39, 0.29) is 43.9 Å². The zero-order chi connectivity index (χ0) is 59.9. The van der Waals surface area contributed by atoms with E-state index in [1.54, 1.807) is 89.2 Å². The van der Waals surface area contributed by atoms with Gasteiger partial charge in [-0.25, -0.2) is 27.5 Å². The highest BCUT2D eigenvalue weighted by atomic mass is 32.2. The number of hydrogen-bond donors (Lipinski definition) is 8. The number of aryl methyl sites for hydroxylation is 1. The molecule has 2 aromatic rings. The Balaban J connectivity index is 2.25. The molecule has 2 rings (SSSR count). The minimum absolute atomic E-state index is 0.00164. The van der Waals surface area contributed by atoms with Crippen LogP contribution in [0.25, 0.3) is 0 Å². The van der Waals surface area contributed by atoms with Crippen molar-refractivity contribution in [2.45, 2.75) is 174 Å². The van der Waals surface area contributed by atoms with Crippen LogP contribution in [0.4, 0.5) is 9.59 Å². The lowest BCUT2D eigenvalue weighted by atomic mass is 10.1. The van der Waals surface area contributed by atoms with Gasteiger partial charge in [-0.15, -0.1) is 0 Å². The van der Waals surface area contributed by atoms with Gasteiger partial charge in [0.05, 0.1) is 44.3 Å². The first kappa shape index (κ1) is 67.9. The van der Waals surface area contributed by atoms with Gasteiger partial charge in [0, 0.05) is 13.1 Å². The number of methoxy groups -OCH3 is 2. The molecule has 25 nitrogen and oxygen atoms in total. The van der Waals surface area contributed by atoms with Crippen LogP contribution in [0.15, 0.2) is 46.3 Å². The van der Waals surface area contributed by atoms with Gasteiger partial charge in [-0.05, 0) is 144 Å². The van der Waals surface area contributed by atoms with Gasteiger partial charge in [0.25, 0.3) is 10.0 Å². The Bertz CT molecular complexity index is 2560. The maximum atomic E-state index is 14.1. The second kappa shape index (κ2) is 31.4. The minimum Gasteiger partial charge on any atom is -0.496 e. The van der Waals surface area contributed by atoms with E-state index in [1.807, 2.05) is 30.3 Å². The molecule has 6 amide bonds. The number of nitrogens with two attached hydrogens (primary N) is 1. The van der Waals surface area contributed by atoms with Gasteiger partial charge >= 0.3 is 24.1 Å². The number of guanidine groups is 1. The first-order chi connectivity index (χ1) is 36.6. The van der Waals surface area contributed by atoms with Crippen LogP contribution in [-0.2, 0) is 69.1 Å². The molecule has 0 heterocycles. The van der Waals surface area contributed by atoms with Crippen molar-refractivity contribution < 1.29 is 75.2 Å². The van der Waals surface area contributed by atoms with Crippen molar-refractivity contribution in [3.63, 3.8) is 0 Å². The van der Waals surface area contributed by atoms with Crippen molar-refractivity contribution in [1.82, 2.24) is 36.6 Å². The molecule has 79 heavy (non-hydrogen) atoms. The molecule has 0 aliphatic rings. The van der Waals surface area contributed by atoms with Crippen LogP contribution >= 0.6 is 0 Å². The predicted molar refractivity (Wildman–Crippen MR) is 292 cm³/mol. The number of esters is 2. The van der Waals surface area contributed by atoms with E-state index in [4.69, 9.17) is 34.2 Å². The molecule has 0 aromatic heterocycles. The number of carbonyl (C=O) groups excluding carboxylic acids is 8. The maximum absolute atomic E-state index is 14.1. The van der Waals surface area contributed by atoms with Gasteiger partial charge < -0.3 is 66.1 Å². The van der Waals surface area contributed by atoms with Gasteiger partial charge in [0.1, 0.15) is 47.7 Å². The SMILES string of the molecule is COC(=O)[C@H](CCCCNC(=O)OCc1ccccc1)NC(=O)[C@H](COC(C)(C)C)NC(=O)[C@H](CC(=O)OC(C)(C)C)NC(=O)CNC(=O)[C@H](CCCN=C(N)NS(=O)(=O)c1c(C)cc(OC)c(C)c1C)NC(=O)OC(C)(C)C. The number of hydrogen-bond acceptors (Lipinski definition) is 17. The number of unbranched alkanes of at least 4 members (excludes halogenated alkanes) is 1. The van der Waals surface area contributed by atoms with Gasteiger partial charge in [-0.2, -0.15) is 0 Å². The van der Waals surface area contributed by atoms with E-state index in [1.165, 1.54) is 7.11 Å². The molecule has 26 heteroatoms. The summed E-state index contributed by atoms with van der Waals surface area (Å²) in [4.78, 5) is 111. The summed E-state index contributed by atoms with van der Waals surface area (Å²) in [5, 5.41) is 15.0. The molecule has 4 atom stereocenters. The predicted octanol–water partition coefficient (Wildman–Crippen LogP) is 3.27. The third kappa shape index (κ3) is 26.3. The molecular formula is C53H83N9O16S. The first-order valence-corrected chi connectivity index (χ1v) is 27.2. The van der Waals surface area contributed by atoms with Gasteiger partial charge in [-0.1, -0.05) is 30.3 Å². The summed E-state index contributed by atoms with van der Waals surface area (Å²) in [5.74, 6) is -5.40. The molecule has 0 unspecified atom stereocenters. The van der Waals surface area contributed by atoms with Crippen LogP contribution in [0, 0.1) is 20.8 Å². The third-order valence-electron chi connectivity index (χ3n) is 11.0. The van der Waals surface area contributed by atoms with E-state index in [9.17, 15) is 46.8 Å². The van der Waals surface area contributed by atoms with Crippen molar-refractivity contribution in [2.24, 2.45) is 10.7 Å². The molecule has 0 aliphatic carbocycles. The molecule has 0 bridgehead atoms. The van der Waals surface area contributed by atoms with Crippen molar-refractivity contribution in [2.75, 3.05) is 40.5 Å². The minimum atomic E-state index is -4.19. The monoisotopic (exact) mass is 1130 g/mol. The fourth-order valence-corrected chi connectivity index (χ4v) is 8.75. The number of amides is 6. The van der Waals surface area contributed by atoms with Gasteiger partial charge in [0.15, 0.2) is 0 Å². The molecule has 0 aliphatic heterocycles. The van der Waals surface area contributed by atoms with Crippen molar-refractivity contribution in [3.8, 4) is 5.75 Å². The topological polar surface area (TPSA) is 349 Å². The lowest BCUT2D eigenvalue weighted by Crippen LogP contribution is -2.58. The summed E-state index contributed by atoms with van der Waals surface area (Å²) in [6.45, 7) is 18.6. The molecule has 0 spiro atoms. The van der Waals surface area contributed by atoms with E-state index >= 15 is 0 Å². The third-order valence-corrected chi connectivity index (χ3v) is 12.7. The largest absolute Gasteiger partial charge is 0.496 e. The fourth-order valence-electron chi connectivity index (χ4n) is 7.27. The Labute approximate surface area is 463 Å². The summed E-state index contributed by atoms with van der Waals surface area (Å²) in [5.41, 5.74) is 5.46. The van der Waals surface area contributed by atoms with Crippen LogP contribution in [0.5, 0.6) is 5.75 Å². The molecular weight excluding hydrogens is 1050 g/mol. The highest BCUT2D eigenvalue weighted by Gasteiger charge is 2.34. The summed E-state index contributed by atoms with van der Waals surface area (Å²) < 4.78 is 61.2. The van der Waals surface area contributed by atoms with Crippen molar-refractivity contribution in [3.05, 3.63) is 58.7 Å². The highest BCUT2D eigenvalue weighted by Crippen LogP contribution is 2.30. The Morgan fingerprint density at radius 2 is 1.28 bits per heavy atom. The lowest BCUT2D eigenvalue weighted by Gasteiger charge is -2.28. The van der Waals surface area contributed by atoms with Crippen LogP contribution in [-0.4, -0.2) is 144 Å². The first-order valence-electron chi connectivity index (χ1n) is 25.7. The molecule has 0 radical (unpaired) electrons. The number of benzene rings is 2. The van der Waals surface area contributed by atoms with Crippen LogP contribution in [0.1, 0.15) is 123 Å². The maximum Gasteiger partial charge on any atom is 0.408 e. The molecule has 9 N–H and O–H groups in total. The van der Waals surface area contributed by atoms with Crippen molar-refractivity contribution >= 4 is 63.7 Å². The lowest BCUT2D eigenvalue weighted by molar-refractivity contribution is -0.156. The number of alkyl carbamates (subject to hydrolysis) is 2. The van der Waals surface area contributed by atoms with E-state index in [2.05, 4.69) is 41.6 Å². The van der Waals surface area contributed by atoms with Crippen LogP contribution in [0.2, 0.25) is 0 Å². The highest BCUT2D eigenvalue weighted by molar-refractivity contribution is 7.90. The standard InChI is InChI=1S/C53H83N9O16S/c1-32-27-40(73-13)33(2)34(3)43(32)79(71,72)62-48(54)55-26-20-24-36(61-50(70)78-53(10,11)12)44(65)57-29-41(63)58-38(28-42(64)77-52(7,8)9)45(66)60-39(31-76-51(4,5)6)46(67)59-37(47(68)74-14)23-18-19-25-56-49(69)75-30-35-21-16-15-17-22-35/h15-17,21-22,27,36-39H,18-20,23-26,28-31H2,1-14H3,(H,56,69)(H,57,65)(H,58,63)(H,59,67)(H,60,66)(H,61,70)(H3,54,55,62)/t36-,37-,38-,39-/m0/s1. The number of sulfonamides is 1. The Morgan fingerprint density at radius 3 is 1.87 bits per heavy atom. The Morgan fingerprint density at radius 1 is 0.671 bits per heavy atom. The average Bonchev–Trinajstić information content (AvgIpc) is 3.37. The van der Waals surface area contributed by atoms with Crippen molar-refractivity contribution in [1.29, 1.82) is 0 Å². The second-order valence-electron chi connectivity index (χ2n) is 21.4. The summed E-state index contributed by atoms with van der Waals surface area (Å²) in [7, 11) is -1.58. The van der Waals surface area contributed by atoms with E-state index in [0.717, 1.165) is 12.7 Å². The fraction of sp³-hybridized carbons (Fsp3) is 0.604. The molecule has 442 valence electrons. The van der Waals surface area contributed by atoms with E-state index in [0.29, 0.717) is 35.3 Å².